The molecule has 4 heteroatoms. The first-order chi connectivity index (χ1) is 8.75. The van der Waals surface area contributed by atoms with Crippen molar-refractivity contribution in [2.24, 2.45) is 0 Å². The van der Waals surface area contributed by atoms with Crippen LogP contribution in [-0.2, 0) is 11.2 Å². The monoisotopic (exact) mass is 330 g/mol. The number of benzene rings is 1. The quantitative estimate of drug-likeness (QED) is 0.755. The molecule has 0 aliphatic carbocycles. The molecule has 0 amide bonds. The van der Waals surface area contributed by atoms with Crippen molar-refractivity contribution in [3.8, 4) is 5.75 Å². The third kappa shape index (κ3) is 2.40. The summed E-state index contributed by atoms with van der Waals surface area (Å²) in [5.41, 5.74) is 2.33. The molecule has 2 heterocycles. The zero-order chi connectivity index (χ0) is 12.5. The molecule has 18 heavy (non-hydrogen) atoms. The molecule has 0 aromatic heterocycles. The predicted octanol–water partition coefficient (Wildman–Crippen LogP) is 4.23. The van der Waals surface area contributed by atoms with Crippen LogP contribution in [0.3, 0.4) is 0 Å². The SMILES string of the molecule is ClC(c1cc(Br)cc2c1OCC2)C1CCCCO1. The van der Waals surface area contributed by atoms with E-state index < -0.39 is 0 Å². The summed E-state index contributed by atoms with van der Waals surface area (Å²) in [7, 11) is 0. The number of halogens is 2. The van der Waals surface area contributed by atoms with Crippen LogP contribution in [0.4, 0.5) is 0 Å². The van der Waals surface area contributed by atoms with E-state index in [-0.39, 0.29) is 11.5 Å². The molecule has 2 atom stereocenters. The summed E-state index contributed by atoms with van der Waals surface area (Å²) in [6, 6.07) is 4.19. The van der Waals surface area contributed by atoms with E-state index in [1.165, 1.54) is 12.0 Å². The van der Waals surface area contributed by atoms with Crippen LogP contribution in [0.1, 0.15) is 35.8 Å². The van der Waals surface area contributed by atoms with E-state index in [4.69, 9.17) is 21.1 Å². The van der Waals surface area contributed by atoms with Gasteiger partial charge in [-0.15, -0.1) is 11.6 Å². The summed E-state index contributed by atoms with van der Waals surface area (Å²) in [6.07, 6.45) is 4.47. The lowest BCUT2D eigenvalue weighted by Gasteiger charge is -2.27. The van der Waals surface area contributed by atoms with Crippen molar-refractivity contribution < 1.29 is 9.47 Å². The Morgan fingerprint density at radius 1 is 1.28 bits per heavy atom. The summed E-state index contributed by atoms with van der Waals surface area (Å²) in [6.45, 7) is 1.58. The maximum atomic E-state index is 6.61. The second-order valence-corrected chi connectivity index (χ2v) is 6.27. The van der Waals surface area contributed by atoms with Gasteiger partial charge in [-0.05, 0) is 37.0 Å². The number of alkyl halides is 1. The first-order valence-electron chi connectivity index (χ1n) is 6.46. The fraction of sp³-hybridized carbons (Fsp3) is 0.571. The van der Waals surface area contributed by atoms with Crippen molar-refractivity contribution in [2.45, 2.75) is 37.2 Å². The van der Waals surface area contributed by atoms with Gasteiger partial charge in [-0.2, -0.15) is 0 Å². The van der Waals surface area contributed by atoms with Gasteiger partial charge >= 0.3 is 0 Å². The summed E-state index contributed by atoms with van der Waals surface area (Å²) >= 11 is 10.2. The van der Waals surface area contributed by atoms with Crippen molar-refractivity contribution >= 4 is 27.5 Å². The number of hydrogen-bond acceptors (Lipinski definition) is 2. The van der Waals surface area contributed by atoms with Crippen molar-refractivity contribution in [3.05, 3.63) is 27.7 Å². The number of rotatable bonds is 2. The lowest BCUT2D eigenvalue weighted by Crippen LogP contribution is -2.23. The van der Waals surface area contributed by atoms with Gasteiger partial charge in [0.25, 0.3) is 0 Å². The Morgan fingerprint density at radius 3 is 2.94 bits per heavy atom. The van der Waals surface area contributed by atoms with Crippen molar-refractivity contribution in [2.75, 3.05) is 13.2 Å². The molecule has 1 fully saturated rings. The number of ether oxygens (including phenoxy) is 2. The van der Waals surface area contributed by atoms with Gasteiger partial charge in [0.15, 0.2) is 0 Å². The molecule has 98 valence electrons. The molecule has 1 saturated heterocycles. The fourth-order valence-corrected chi connectivity index (χ4v) is 3.58. The zero-order valence-electron chi connectivity index (χ0n) is 10.1. The highest BCUT2D eigenvalue weighted by molar-refractivity contribution is 9.10. The molecule has 0 saturated carbocycles. The van der Waals surface area contributed by atoms with Gasteiger partial charge in [-0.1, -0.05) is 15.9 Å². The average molecular weight is 332 g/mol. The fourth-order valence-electron chi connectivity index (χ4n) is 2.70. The molecule has 1 aromatic carbocycles. The maximum Gasteiger partial charge on any atom is 0.127 e. The van der Waals surface area contributed by atoms with Gasteiger partial charge in [0.1, 0.15) is 5.75 Å². The van der Waals surface area contributed by atoms with Crippen molar-refractivity contribution in [1.29, 1.82) is 0 Å². The third-order valence-corrected chi connectivity index (χ3v) is 4.59. The standard InChI is InChI=1S/C14H16BrClO2/c15-10-7-9-4-6-18-14(9)11(8-10)13(16)12-3-1-2-5-17-12/h7-8,12-13H,1-6H2. The molecule has 3 rings (SSSR count). The van der Waals surface area contributed by atoms with E-state index >= 15 is 0 Å². The highest BCUT2D eigenvalue weighted by Gasteiger charge is 2.29. The van der Waals surface area contributed by atoms with E-state index in [9.17, 15) is 0 Å². The average Bonchev–Trinajstić information content (AvgIpc) is 2.86. The van der Waals surface area contributed by atoms with Crippen LogP contribution in [0.25, 0.3) is 0 Å². The van der Waals surface area contributed by atoms with Crippen LogP contribution in [-0.4, -0.2) is 19.3 Å². The Balaban J connectivity index is 1.91. The summed E-state index contributed by atoms with van der Waals surface area (Å²) in [4.78, 5) is 0. The van der Waals surface area contributed by atoms with Crippen molar-refractivity contribution in [3.63, 3.8) is 0 Å². The molecule has 2 aliphatic heterocycles. The molecule has 0 N–H and O–H groups in total. The molecule has 0 bridgehead atoms. The zero-order valence-corrected chi connectivity index (χ0v) is 12.5. The summed E-state index contributed by atoms with van der Waals surface area (Å²) in [5, 5.41) is -0.116. The molecule has 2 nitrogen and oxygen atoms in total. The maximum absolute atomic E-state index is 6.61. The van der Waals surface area contributed by atoms with Gasteiger partial charge in [-0.25, -0.2) is 0 Å². The first-order valence-corrected chi connectivity index (χ1v) is 7.69. The van der Waals surface area contributed by atoms with E-state index in [0.29, 0.717) is 0 Å². The molecular formula is C14H16BrClO2. The van der Waals surface area contributed by atoms with E-state index in [2.05, 4.69) is 28.1 Å². The topological polar surface area (TPSA) is 18.5 Å². The van der Waals surface area contributed by atoms with Gasteiger partial charge in [0.05, 0.1) is 18.1 Å². The van der Waals surface area contributed by atoms with Crippen LogP contribution in [0, 0.1) is 0 Å². The summed E-state index contributed by atoms with van der Waals surface area (Å²) in [5.74, 6) is 0.979. The highest BCUT2D eigenvalue weighted by Crippen LogP contribution is 2.42. The highest BCUT2D eigenvalue weighted by atomic mass is 79.9. The Labute approximate surface area is 121 Å². The Morgan fingerprint density at radius 2 is 2.17 bits per heavy atom. The summed E-state index contributed by atoms with van der Waals surface area (Å²) < 4.78 is 12.6. The molecule has 0 radical (unpaired) electrons. The minimum Gasteiger partial charge on any atom is -0.493 e. The lowest BCUT2D eigenvalue weighted by molar-refractivity contribution is 0.0132. The Bertz CT molecular complexity index is 444. The van der Waals surface area contributed by atoms with E-state index in [1.54, 1.807) is 0 Å². The molecule has 1 aromatic rings. The van der Waals surface area contributed by atoms with Gasteiger partial charge in [0.2, 0.25) is 0 Å². The van der Waals surface area contributed by atoms with E-state index in [1.807, 2.05) is 0 Å². The molecular weight excluding hydrogens is 316 g/mol. The molecule has 2 aliphatic rings. The van der Waals surface area contributed by atoms with Crippen LogP contribution < -0.4 is 4.74 Å². The van der Waals surface area contributed by atoms with Gasteiger partial charge in [-0.3, -0.25) is 0 Å². The number of fused-ring (bicyclic) bond motifs is 1. The normalized spacial score (nSPS) is 24.4. The van der Waals surface area contributed by atoms with Crippen LogP contribution in [0.15, 0.2) is 16.6 Å². The smallest absolute Gasteiger partial charge is 0.127 e. The minimum absolute atomic E-state index is 0.114. The minimum atomic E-state index is -0.116. The largest absolute Gasteiger partial charge is 0.493 e. The third-order valence-electron chi connectivity index (χ3n) is 3.62. The van der Waals surface area contributed by atoms with Crippen LogP contribution >= 0.6 is 27.5 Å². The molecule has 0 spiro atoms. The number of hydrogen-bond donors (Lipinski definition) is 0. The Kier molecular flexibility index (Phi) is 3.83. The van der Waals surface area contributed by atoms with Crippen molar-refractivity contribution in [1.82, 2.24) is 0 Å². The first kappa shape index (κ1) is 12.8. The van der Waals surface area contributed by atoms with Gasteiger partial charge in [0, 0.05) is 23.1 Å². The lowest BCUT2D eigenvalue weighted by atomic mass is 9.98. The van der Waals surface area contributed by atoms with E-state index in [0.717, 1.165) is 48.3 Å². The second-order valence-electron chi connectivity index (χ2n) is 4.89. The van der Waals surface area contributed by atoms with Crippen LogP contribution in [0.5, 0.6) is 5.75 Å². The van der Waals surface area contributed by atoms with Gasteiger partial charge < -0.3 is 9.47 Å². The van der Waals surface area contributed by atoms with Crippen LogP contribution in [0.2, 0.25) is 0 Å². The Hall–Kier alpha value is -0.250. The molecule has 2 unspecified atom stereocenters. The second kappa shape index (κ2) is 5.40. The predicted molar refractivity (Wildman–Crippen MR) is 75.5 cm³/mol.